The highest BCUT2D eigenvalue weighted by Crippen LogP contribution is 2.37. The zero-order chi connectivity index (χ0) is 26.1. The molecule has 6 rings (SSSR count). The zero-order valence-electron chi connectivity index (χ0n) is 19.7. The van der Waals surface area contributed by atoms with E-state index in [0.29, 0.717) is 50.1 Å². The van der Waals surface area contributed by atoms with E-state index in [1.165, 1.54) is 4.68 Å². The van der Waals surface area contributed by atoms with Crippen LogP contribution in [0.15, 0.2) is 97.1 Å². The molecule has 1 amide bonds. The van der Waals surface area contributed by atoms with Crippen molar-refractivity contribution >= 4 is 34.9 Å². The van der Waals surface area contributed by atoms with Crippen molar-refractivity contribution in [3.05, 3.63) is 107 Å². The van der Waals surface area contributed by atoms with Crippen LogP contribution < -0.4 is 19.5 Å². The molecule has 0 atom stereocenters. The predicted molar refractivity (Wildman–Crippen MR) is 147 cm³/mol. The van der Waals surface area contributed by atoms with Gasteiger partial charge in [0.1, 0.15) is 11.5 Å². The van der Waals surface area contributed by atoms with Crippen molar-refractivity contribution in [2.75, 3.05) is 12.1 Å². The number of hydrogen-bond acceptors (Lipinski definition) is 5. The van der Waals surface area contributed by atoms with Gasteiger partial charge in [-0.05, 0) is 84.9 Å². The lowest BCUT2D eigenvalue weighted by molar-refractivity contribution is 0.174. The number of anilines is 1. The van der Waals surface area contributed by atoms with Crippen molar-refractivity contribution in [2.45, 2.75) is 0 Å². The molecule has 1 aliphatic heterocycles. The number of benzene rings is 4. The van der Waals surface area contributed by atoms with Crippen LogP contribution in [-0.4, -0.2) is 22.6 Å². The van der Waals surface area contributed by atoms with Crippen LogP contribution >= 0.6 is 23.2 Å². The summed E-state index contributed by atoms with van der Waals surface area (Å²) in [6, 6.07) is 28.3. The van der Waals surface area contributed by atoms with Gasteiger partial charge in [-0.3, -0.25) is 0 Å². The number of aromatic nitrogens is 2. The lowest BCUT2D eigenvalue weighted by atomic mass is 10.1. The molecule has 0 aliphatic carbocycles. The molecule has 0 saturated heterocycles. The molecular weight excluding hydrogens is 525 g/mol. The highest BCUT2D eigenvalue weighted by atomic mass is 35.5. The van der Waals surface area contributed by atoms with Gasteiger partial charge in [0.2, 0.25) is 6.79 Å². The second-order valence-corrected chi connectivity index (χ2v) is 9.28. The summed E-state index contributed by atoms with van der Waals surface area (Å²) in [6.07, 6.45) is 0. The summed E-state index contributed by atoms with van der Waals surface area (Å²) in [4.78, 5) is 13.4. The summed E-state index contributed by atoms with van der Waals surface area (Å²) in [6.45, 7) is 0.159. The van der Waals surface area contributed by atoms with E-state index in [9.17, 15) is 4.79 Å². The van der Waals surface area contributed by atoms with E-state index in [4.69, 9.17) is 37.4 Å². The van der Waals surface area contributed by atoms with E-state index >= 15 is 0 Å². The fraction of sp³-hybridized carbons (Fsp3) is 0.0345. The molecule has 7 nitrogen and oxygen atoms in total. The molecule has 0 saturated carbocycles. The van der Waals surface area contributed by atoms with Gasteiger partial charge in [-0.25, -0.2) is 4.79 Å². The second-order valence-electron chi connectivity index (χ2n) is 8.41. The molecule has 0 spiro atoms. The van der Waals surface area contributed by atoms with Gasteiger partial charge in [-0.15, -0.1) is 0 Å². The lowest BCUT2D eigenvalue weighted by Gasteiger charge is -2.10. The maximum Gasteiger partial charge on any atom is 0.347 e. The second kappa shape index (κ2) is 10.1. The summed E-state index contributed by atoms with van der Waals surface area (Å²) >= 11 is 12.0. The maximum absolute atomic E-state index is 13.4. The summed E-state index contributed by atoms with van der Waals surface area (Å²) in [7, 11) is 0. The highest BCUT2D eigenvalue weighted by Gasteiger charge is 2.20. The Morgan fingerprint density at radius 3 is 2.08 bits per heavy atom. The molecule has 188 valence electrons. The predicted octanol–water partition coefficient (Wildman–Crippen LogP) is 8.13. The number of carbonyl (C=O) groups excluding carboxylic acids is 1. The van der Waals surface area contributed by atoms with Gasteiger partial charge in [-0.1, -0.05) is 35.3 Å². The number of ether oxygens (including phenoxy) is 3. The fourth-order valence-corrected chi connectivity index (χ4v) is 4.23. The minimum Gasteiger partial charge on any atom is -0.457 e. The smallest absolute Gasteiger partial charge is 0.347 e. The van der Waals surface area contributed by atoms with Crippen molar-refractivity contribution in [3.63, 3.8) is 0 Å². The van der Waals surface area contributed by atoms with E-state index < -0.39 is 6.03 Å². The Morgan fingerprint density at radius 1 is 0.763 bits per heavy atom. The van der Waals surface area contributed by atoms with Gasteiger partial charge >= 0.3 is 6.03 Å². The number of rotatable bonds is 5. The van der Waals surface area contributed by atoms with E-state index in [1.807, 2.05) is 36.4 Å². The van der Waals surface area contributed by atoms with Crippen LogP contribution in [0.4, 0.5) is 10.5 Å². The highest BCUT2D eigenvalue weighted by molar-refractivity contribution is 6.30. The van der Waals surface area contributed by atoms with Crippen LogP contribution in [0, 0.1) is 0 Å². The molecule has 1 aromatic heterocycles. The summed E-state index contributed by atoms with van der Waals surface area (Å²) in [5.74, 6) is 2.55. The van der Waals surface area contributed by atoms with E-state index in [-0.39, 0.29) is 6.79 Å². The van der Waals surface area contributed by atoms with Gasteiger partial charge < -0.3 is 19.5 Å². The molecule has 0 bridgehead atoms. The van der Waals surface area contributed by atoms with Crippen LogP contribution in [0.3, 0.4) is 0 Å². The van der Waals surface area contributed by atoms with Crippen molar-refractivity contribution in [1.29, 1.82) is 0 Å². The number of halogens is 2. The Hall–Kier alpha value is -4.46. The van der Waals surface area contributed by atoms with Crippen molar-refractivity contribution in [2.24, 2.45) is 0 Å². The van der Waals surface area contributed by atoms with Gasteiger partial charge in [0.05, 0.1) is 11.4 Å². The maximum atomic E-state index is 13.4. The van der Waals surface area contributed by atoms with Crippen molar-refractivity contribution in [1.82, 2.24) is 9.78 Å². The topological polar surface area (TPSA) is 74.6 Å². The minimum atomic E-state index is -0.427. The molecule has 4 aromatic carbocycles. The molecule has 0 radical (unpaired) electrons. The number of nitrogens with zero attached hydrogens (tertiary/aromatic N) is 2. The Bertz CT molecular complexity index is 1620. The van der Waals surface area contributed by atoms with Gasteiger partial charge in [0.15, 0.2) is 11.5 Å². The number of amides is 1. The van der Waals surface area contributed by atoms with Gasteiger partial charge in [0.25, 0.3) is 0 Å². The zero-order valence-corrected chi connectivity index (χ0v) is 21.2. The Kier molecular flexibility index (Phi) is 6.37. The molecule has 0 fully saturated rings. The van der Waals surface area contributed by atoms with Crippen molar-refractivity contribution < 1.29 is 19.0 Å². The van der Waals surface area contributed by atoms with E-state index in [1.54, 1.807) is 60.7 Å². The van der Waals surface area contributed by atoms with Crippen LogP contribution in [0.5, 0.6) is 23.0 Å². The summed E-state index contributed by atoms with van der Waals surface area (Å²) in [5.41, 5.74) is 3.37. The van der Waals surface area contributed by atoms with E-state index in [2.05, 4.69) is 10.4 Å². The molecule has 0 unspecified atom stereocenters. The Morgan fingerprint density at radius 2 is 1.37 bits per heavy atom. The molecule has 38 heavy (non-hydrogen) atoms. The number of hydrogen-bond donors (Lipinski definition) is 1. The molecule has 9 heteroatoms. The molecule has 2 heterocycles. The van der Waals surface area contributed by atoms with Crippen LogP contribution in [0.25, 0.3) is 22.5 Å². The Labute approximate surface area is 228 Å². The first-order valence-electron chi connectivity index (χ1n) is 11.6. The van der Waals surface area contributed by atoms with Crippen molar-refractivity contribution in [3.8, 4) is 45.5 Å². The van der Waals surface area contributed by atoms with Gasteiger partial charge in [-0.2, -0.15) is 9.78 Å². The van der Waals surface area contributed by atoms with Crippen LogP contribution in [0.2, 0.25) is 10.0 Å². The third kappa shape index (κ3) is 5.02. The largest absolute Gasteiger partial charge is 0.457 e. The molecule has 5 aromatic rings. The van der Waals surface area contributed by atoms with Crippen LogP contribution in [-0.2, 0) is 0 Å². The molecule has 1 aliphatic rings. The third-order valence-electron chi connectivity index (χ3n) is 5.86. The molecular formula is C29H19Cl2N3O4. The quantitative estimate of drug-likeness (QED) is 0.242. The standard InChI is InChI=1S/C29H19Cl2N3O4/c30-20-4-1-18(2-5-20)25-16-26(19-3-14-27-28(15-19)37-17-36-27)34(33-25)29(35)32-22-8-12-24(13-9-22)38-23-10-6-21(31)7-11-23/h1-16H,17H2,(H,32,35). The first-order valence-corrected chi connectivity index (χ1v) is 12.4. The Balaban J connectivity index is 1.28. The monoisotopic (exact) mass is 543 g/mol. The average Bonchev–Trinajstić information content (AvgIpc) is 3.59. The average molecular weight is 544 g/mol. The number of nitrogens with one attached hydrogen (secondary N) is 1. The molecule has 1 N–H and O–H groups in total. The van der Waals surface area contributed by atoms with E-state index in [0.717, 1.165) is 11.1 Å². The first kappa shape index (κ1) is 23.9. The van der Waals surface area contributed by atoms with Gasteiger partial charge in [0, 0.05) is 26.9 Å². The number of carbonyl (C=O) groups is 1. The first-order chi connectivity index (χ1) is 18.5. The SMILES string of the molecule is O=C(Nc1ccc(Oc2ccc(Cl)cc2)cc1)n1nc(-c2ccc(Cl)cc2)cc1-c1ccc2c(c1)OCO2. The lowest BCUT2D eigenvalue weighted by Crippen LogP contribution is -2.21. The summed E-state index contributed by atoms with van der Waals surface area (Å²) in [5, 5.41) is 8.76. The normalized spacial score (nSPS) is 11.8. The fourth-order valence-electron chi connectivity index (χ4n) is 3.98. The number of fused-ring (bicyclic) bond motifs is 1. The third-order valence-corrected chi connectivity index (χ3v) is 6.37. The summed E-state index contributed by atoms with van der Waals surface area (Å²) < 4.78 is 18.1. The minimum absolute atomic E-state index is 0.159. The van der Waals surface area contributed by atoms with Crippen LogP contribution in [0.1, 0.15) is 0 Å².